The van der Waals surface area contributed by atoms with Crippen LogP contribution in [0.1, 0.15) is 11.1 Å². The van der Waals surface area contributed by atoms with E-state index in [2.05, 4.69) is 5.32 Å². The molecular formula is C16H14FNO2. The highest BCUT2D eigenvalue weighted by molar-refractivity contribution is 6.02. The Labute approximate surface area is 116 Å². The second-order valence-electron chi connectivity index (χ2n) is 4.39. The normalized spacial score (nSPS) is 10.7. The average Bonchev–Trinajstić information content (AvgIpc) is 2.41. The van der Waals surface area contributed by atoms with Crippen molar-refractivity contribution in [1.29, 1.82) is 0 Å². The van der Waals surface area contributed by atoms with Gasteiger partial charge in [-0.25, -0.2) is 4.39 Å². The second-order valence-corrected chi connectivity index (χ2v) is 4.39. The molecular weight excluding hydrogens is 257 g/mol. The maximum atomic E-state index is 12.7. The first-order valence-corrected chi connectivity index (χ1v) is 6.09. The number of anilines is 1. The first kappa shape index (κ1) is 13.8. The summed E-state index contributed by atoms with van der Waals surface area (Å²) in [6.07, 6.45) is 2.90. The molecule has 2 N–H and O–H groups in total. The summed E-state index contributed by atoms with van der Waals surface area (Å²) in [5.74, 6) is -0.668. The molecule has 0 radical (unpaired) electrons. The number of rotatable bonds is 3. The summed E-state index contributed by atoms with van der Waals surface area (Å²) in [7, 11) is 0. The number of amides is 1. The van der Waals surface area contributed by atoms with Crippen LogP contribution in [-0.2, 0) is 4.79 Å². The molecule has 0 aliphatic carbocycles. The van der Waals surface area contributed by atoms with Gasteiger partial charge >= 0.3 is 0 Å². The SMILES string of the molecule is Cc1ccc(NC(=O)/C=C\c2ccc(F)cc2)c(O)c1. The van der Waals surface area contributed by atoms with E-state index in [0.29, 0.717) is 5.69 Å². The van der Waals surface area contributed by atoms with Crippen molar-refractivity contribution in [2.75, 3.05) is 5.32 Å². The van der Waals surface area contributed by atoms with E-state index in [9.17, 15) is 14.3 Å². The van der Waals surface area contributed by atoms with E-state index in [4.69, 9.17) is 0 Å². The lowest BCUT2D eigenvalue weighted by Crippen LogP contribution is -2.07. The molecule has 0 aliphatic rings. The molecule has 102 valence electrons. The molecule has 2 aromatic carbocycles. The summed E-state index contributed by atoms with van der Waals surface area (Å²) in [5.41, 5.74) is 1.97. The van der Waals surface area contributed by atoms with Gasteiger partial charge in [-0.1, -0.05) is 18.2 Å². The number of hydrogen-bond donors (Lipinski definition) is 2. The highest BCUT2D eigenvalue weighted by Crippen LogP contribution is 2.23. The number of benzene rings is 2. The first-order chi connectivity index (χ1) is 9.54. The van der Waals surface area contributed by atoms with Gasteiger partial charge in [0, 0.05) is 6.08 Å². The van der Waals surface area contributed by atoms with Crippen LogP contribution in [0.4, 0.5) is 10.1 Å². The minimum absolute atomic E-state index is 0.0218. The van der Waals surface area contributed by atoms with E-state index in [-0.39, 0.29) is 17.5 Å². The van der Waals surface area contributed by atoms with Gasteiger partial charge < -0.3 is 10.4 Å². The topological polar surface area (TPSA) is 49.3 Å². The Hall–Kier alpha value is -2.62. The number of carbonyl (C=O) groups is 1. The number of halogens is 1. The molecule has 20 heavy (non-hydrogen) atoms. The Kier molecular flexibility index (Phi) is 4.15. The van der Waals surface area contributed by atoms with Crippen LogP contribution < -0.4 is 5.32 Å². The lowest BCUT2D eigenvalue weighted by atomic mass is 10.2. The van der Waals surface area contributed by atoms with Gasteiger partial charge in [0.15, 0.2) is 0 Å². The largest absolute Gasteiger partial charge is 0.506 e. The Morgan fingerprint density at radius 2 is 1.90 bits per heavy atom. The molecule has 0 spiro atoms. The Bertz CT molecular complexity index is 648. The Balaban J connectivity index is 2.03. The summed E-state index contributed by atoms with van der Waals surface area (Å²) < 4.78 is 12.7. The number of aryl methyl sites for hydroxylation is 1. The monoisotopic (exact) mass is 271 g/mol. The molecule has 0 bridgehead atoms. The van der Waals surface area contributed by atoms with Crippen molar-refractivity contribution in [3.8, 4) is 5.75 Å². The summed E-state index contributed by atoms with van der Waals surface area (Å²) >= 11 is 0. The minimum Gasteiger partial charge on any atom is -0.506 e. The summed E-state index contributed by atoms with van der Waals surface area (Å²) in [5, 5.41) is 12.2. The van der Waals surface area contributed by atoms with Crippen molar-refractivity contribution >= 4 is 17.7 Å². The Morgan fingerprint density at radius 3 is 2.55 bits per heavy atom. The van der Waals surface area contributed by atoms with Crippen LogP contribution >= 0.6 is 0 Å². The second kappa shape index (κ2) is 6.02. The molecule has 0 atom stereocenters. The lowest BCUT2D eigenvalue weighted by molar-refractivity contribution is -0.111. The van der Waals surface area contributed by atoms with Crippen LogP contribution in [0.5, 0.6) is 5.75 Å². The molecule has 0 aliphatic heterocycles. The molecule has 2 aromatic rings. The fraction of sp³-hybridized carbons (Fsp3) is 0.0625. The molecule has 4 heteroatoms. The highest BCUT2D eigenvalue weighted by Gasteiger charge is 2.03. The lowest BCUT2D eigenvalue weighted by Gasteiger charge is -2.05. The van der Waals surface area contributed by atoms with Crippen LogP contribution in [0, 0.1) is 12.7 Å². The van der Waals surface area contributed by atoms with Gasteiger partial charge in [0.05, 0.1) is 5.69 Å². The predicted octanol–water partition coefficient (Wildman–Crippen LogP) is 3.49. The van der Waals surface area contributed by atoms with Crippen LogP contribution in [0.2, 0.25) is 0 Å². The molecule has 0 unspecified atom stereocenters. The third-order valence-corrected chi connectivity index (χ3v) is 2.71. The van der Waals surface area contributed by atoms with E-state index in [1.807, 2.05) is 6.92 Å². The van der Waals surface area contributed by atoms with Gasteiger partial charge in [0.2, 0.25) is 5.91 Å². The van der Waals surface area contributed by atoms with Crippen molar-refractivity contribution < 1.29 is 14.3 Å². The Morgan fingerprint density at radius 1 is 1.20 bits per heavy atom. The van der Waals surface area contributed by atoms with Crippen LogP contribution in [0.3, 0.4) is 0 Å². The third kappa shape index (κ3) is 3.68. The smallest absolute Gasteiger partial charge is 0.248 e. The zero-order chi connectivity index (χ0) is 14.5. The molecule has 0 heterocycles. The summed E-state index contributed by atoms with van der Waals surface area (Å²) in [6, 6.07) is 10.8. The van der Waals surface area contributed by atoms with E-state index in [1.165, 1.54) is 18.2 Å². The maximum absolute atomic E-state index is 12.7. The van der Waals surface area contributed by atoms with Crippen molar-refractivity contribution in [2.24, 2.45) is 0 Å². The number of carbonyl (C=O) groups excluding carboxylic acids is 1. The van der Waals surface area contributed by atoms with Crippen LogP contribution in [0.25, 0.3) is 6.08 Å². The van der Waals surface area contributed by atoms with Crippen LogP contribution in [0.15, 0.2) is 48.5 Å². The molecule has 0 fully saturated rings. The van der Waals surface area contributed by atoms with Crippen molar-refractivity contribution in [1.82, 2.24) is 0 Å². The quantitative estimate of drug-likeness (QED) is 0.663. The first-order valence-electron chi connectivity index (χ1n) is 6.09. The number of phenols is 1. The van der Waals surface area contributed by atoms with Gasteiger partial charge in [0.1, 0.15) is 11.6 Å². The molecule has 0 saturated heterocycles. The zero-order valence-corrected chi connectivity index (χ0v) is 10.9. The standard InChI is InChI=1S/C16H14FNO2/c1-11-2-8-14(15(19)10-11)18-16(20)9-5-12-3-6-13(17)7-4-12/h2-10,19H,1H3,(H,18,20)/b9-5-. The van der Waals surface area contributed by atoms with E-state index < -0.39 is 0 Å². The van der Waals surface area contributed by atoms with Crippen LogP contribution in [-0.4, -0.2) is 11.0 Å². The number of hydrogen-bond acceptors (Lipinski definition) is 2. The number of aromatic hydroxyl groups is 1. The highest BCUT2D eigenvalue weighted by atomic mass is 19.1. The third-order valence-electron chi connectivity index (χ3n) is 2.71. The summed E-state index contributed by atoms with van der Waals surface area (Å²) in [6.45, 7) is 1.85. The van der Waals surface area contributed by atoms with Gasteiger partial charge in [-0.05, 0) is 48.4 Å². The van der Waals surface area contributed by atoms with Gasteiger partial charge in [-0.15, -0.1) is 0 Å². The maximum Gasteiger partial charge on any atom is 0.248 e. The van der Waals surface area contributed by atoms with E-state index in [0.717, 1.165) is 11.1 Å². The van der Waals surface area contributed by atoms with E-state index in [1.54, 1.807) is 36.4 Å². The average molecular weight is 271 g/mol. The number of nitrogens with one attached hydrogen (secondary N) is 1. The van der Waals surface area contributed by atoms with Gasteiger partial charge in [0.25, 0.3) is 0 Å². The minimum atomic E-state index is -0.367. The molecule has 0 aromatic heterocycles. The zero-order valence-electron chi connectivity index (χ0n) is 10.9. The van der Waals surface area contributed by atoms with Crippen molar-refractivity contribution in [2.45, 2.75) is 6.92 Å². The van der Waals surface area contributed by atoms with E-state index >= 15 is 0 Å². The fourth-order valence-electron chi connectivity index (χ4n) is 1.67. The molecule has 3 nitrogen and oxygen atoms in total. The van der Waals surface area contributed by atoms with Crippen molar-refractivity contribution in [3.63, 3.8) is 0 Å². The van der Waals surface area contributed by atoms with Crippen molar-refractivity contribution in [3.05, 3.63) is 65.5 Å². The fourth-order valence-corrected chi connectivity index (χ4v) is 1.67. The van der Waals surface area contributed by atoms with Gasteiger partial charge in [-0.2, -0.15) is 0 Å². The number of phenolic OH excluding ortho intramolecular Hbond substituents is 1. The predicted molar refractivity (Wildman–Crippen MR) is 76.9 cm³/mol. The van der Waals surface area contributed by atoms with Gasteiger partial charge in [-0.3, -0.25) is 4.79 Å². The summed E-state index contributed by atoms with van der Waals surface area (Å²) in [4.78, 5) is 11.7. The molecule has 2 rings (SSSR count). The molecule has 1 amide bonds. The molecule has 0 saturated carbocycles.